The van der Waals surface area contributed by atoms with E-state index in [1.807, 2.05) is 12.1 Å². The molecule has 20 heavy (non-hydrogen) atoms. The number of rotatable bonds is 5. The monoisotopic (exact) mass is 293 g/mol. The second-order valence-electron chi connectivity index (χ2n) is 4.49. The molecule has 0 spiro atoms. The van der Waals surface area contributed by atoms with Gasteiger partial charge in [0.25, 0.3) is 5.91 Å². The van der Waals surface area contributed by atoms with Crippen molar-refractivity contribution in [1.29, 1.82) is 0 Å². The third-order valence-electron chi connectivity index (χ3n) is 2.86. The van der Waals surface area contributed by atoms with Crippen LogP contribution in [0.1, 0.15) is 33.1 Å². The molecule has 0 aliphatic carbocycles. The van der Waals surface area contributed by atoms with Crippen molar-refractivity contribution in [3.05, 3.63) is 57.5 Å². The number of amides is 1. The highest BCUT2D eigenvalue weighted by Crippen LogP contribution is 2.22. The van der Waals surface area contributed by atoms with E-state index in [0.29, 0.717) is 18.5 Å². The Morgan fingerprint density at radius 1 is 1.30 bits per heavy atom. The highest BCUT2D eigenvalue weighted by molar-refractivity contribution is 7.12. The Kier molecular flexibility index (Phi) is 4.87. The van der Waals surface area contributed by atoms with Gasteiger partial charge in [-0.3, -0.25) is 4.79 Å². The average molecular weight is 293 g/mol. The number of thiophene rings is 1. The number of hydrogen-bond donors (Lipinski definition) is 2. The summed E-state index contributed by atoms with van der Waals surface area (Å²) in [7, 11) is 0. The molecule has 1 atom stereocenters. The molecular weight excluding hydrogens is 277 g/mol. The Labute approximate surface area is 121 Å². The van der Waals surface area contributed by atoms with E-state index in [-0.39, 0.29) is 11.7 Å². The minimum absolute atomic E-state index is 0.211. The van der Waals surface area contributed by atoms with Crippen LogP contribution in [0.4, 0.5) is 4.39 Å². The number of aliphatic hydroxyl groups is 1. The van der Waals surface area contributed by atoms with Crippen molar-refractivity contribution in [3.63, 3.8) is 0 Å². The van der Waals surface area contributed by atoms with Crippen LogP contribution in [0.3, 0.4) is 0 Å². The van der Waals surface area contributed by atoms with E-state index < -0.39 is 6.10 Å². The number of carbonyl (C=O) groups is 1. The predicted octanol–water partition coefficient (Wildman–Crippen LogP) is 2.91. The van der Waals surface area contributed by atoms with Gasteiger partial charge in [-0.15, -0.1) is 11.3 Å². The summed E-state index contributed by atoms with van der Waals surface area (Å²) in [5.74, 6) is -0.567. The minimum atomic E-state index is -0.456. The Bertz CT molecular complexity index is 578. The molecule has 0 bridgehead atoms. The third kappa shape index (κ3) is 3.88. The van der Waals surface area contributed by atoms with Gasteiger partial charge in [0, 0.05) is 21.9 Å². The molecule has 0 fully saturated rings. The smallest absolute Gasteiger partial charge is 0.251 e. The zero-order chi connectivity index (χ0) is 14.5. The summed E-state index contributed by atoms with van der Waals surface area (Å²) in [6.07, 6.45) is 0.257. The van der Waals surface area contributed by atoms with Gasteiger partial charge in [-0.2, -0.15) is 0 Å². The molecule has 0 radical (unpaired) electrons. The van der Waals surface area contributed by atoms with E-state index in [2.05, 4.69) is 5.32 Å². The third-order valence-corrected chi connectivity index (χ3v) is 4.17. The van der Waals surface area contributed by atoms with Crippen LogP contribution in [0.2, 0.25) is 0 Å². The Balaban J connectivity index is 1.83. The van der Waals surface area contributed by atoms with E-state index in [1.165, 1.54) is 35.6 Å². The summed E-state index contributed by atoms with van der Waals surface area (Å²) >= 11 is 1.54. The Hall–Kier alpha value is -1.72. The highest BCUT2D eigenvalue weighted by Gasteiger charge is 2.07. The molecule has 2 rings (SSSR count). The van der Waals surface area contributed by atoms with E-state index in [4.69, 9.17) is 0 Å². The molecule has 0 aliphatic heterocycles. The molecule has 1 aromatic carbocycles. The first-order valence-corrected chi connectivity index (χ1v) is 7.18. The summed E-state index contributed by atoms with van der Waals surface area (Å²) in [5, 5.41) is 12.2. The van der Waals surface area contributed by atoms with E-state index >= 15 is 0 Å². The fourth-order valence-electron chi connectivity index (χ4n) is 1.76. The maximum absolute atomic E-state index is 12.7. The van der Waals surface area contributed by atoms with Gasteiger partial charge in [-0.1, -0.05) is 0 Å². The molecule has 1 aromatic heterocycles. The topological polar surface area (TPSA) is 49.3 Å². The molecule has 0 aliphatic rings. The molecule has 1 heterocycles. The van der Waals surface area contributed by atoms with Crippen molar-refractivity contribution in [2.75, 3.05) is 6.54 Å². The molecule has 106 valence electrons. The lowest BCUT2D eigenvalue weighted by Gasteiger charge is -2.04. The summed E-state index contributed by atoms with van der Waals surface area (Å²) in [6.45, 7) is 2.24. The molecule has 1 amide bonds. The van der Waals surface area contributed by atoms with Gasteiger partial charge in [0.2, 0.25) is 0 Å². The maximum Gasteiger partial charge on any atom is 0.251 e. The molecule has 0 saturated carbocycles. The van der Waals surface area contributed by atoms with Crippen molar-refractivity contribution in [2.24, 2.45) is 0 Å². The second-order valence-corrected chi connectivity index (χ2v) is 5.69. The zero-order valence-electron chi connectivity index (χ0n) is 11.1. The van der Waals surface area contributed by atoms with Crippen molar-refractivity contribution >= 4 is 17.2 Å². The van der Waals surface area contributed by atoms with E-state index in [0.717, 1.165) is 9.75 Å². The number of halogens is 1. The van der Waals surface area contributed by atoms with Crippen molar-refractivity contribution in [2.45, 2.75) is 19.4 Å². The number of benzene rings is 1. The lowest BCUT2D eigenvalue weighted by molar-refractivity contribution is 0.0954. The van der Waals surface area contributed by atoms with Gasteiger partial charge >= 0.3 is 0 Å². The standard InChI is InChI=1S/C15H16FNO2S/c1-10(18)14-7-6-13(20-14)8-9-17-15(19)11-2-4-12(16)5-3-11/h2-7,10,18H,8-9H2,1H3,(H,17,19)/t10-/m1/s1. The predicted molar refractivity (Wildman–Crippen MR) is 77.4 cm³/mol. The van der Waals surface area contributed by atoms with E-state index in [1.54, 1.807) is 6.92 Å². The lowest BCUT2D eigenvalue weighted by atomic mass is 10.2. The van der Waals surface area contributed by atoms with Crippen molar-refractivity contribution in [3.8, 4) is 0 Å². The average Bonchev–Trinajstić information content (AvgIpc) is 2.88. The molecule has 3 nitrogen and oxygen atoms in total. The van der Waals surface area contributed by atoms with Gasteiger partial charge in [0.05, 0.1) is 6.10 Å². The molecular formula is C15H16FNO2S. The largest absolute Gasteiger partial charge is 0.388 e. The maximum atomic E-state index is 12.7. The van der Waals surface area contributed by atoms with Crippen LogP contribution < -0.4 is 5.32 Å². The Morgan fingerprint density at radius 2 is 2.00 bits per heavy atom. The van der Waals surface area contributed by atoms with Crippen LogP contribution in [0.15, 0.2) is 36.4 Å². The van der Waals surface area contributed by atoms with Crippen molar-refractivity contribution < 1.29 is 14.3 Å². The second kappa shape index (κ2) is 6.63. The summed E-state index contributed by atoms with van der Waals surface area (Å²) < 4.78 is 12.7. The van der Waals surface area contributed by atoms with Crippen LogP contribution in [0, 0.1) is 5.82 Å². The number of aliphatic hydroxyl groups excluding tert-OH is 1. The normalized spacial score (nSPS) is 12.2. The van der Waals surface area contributed by atoms with E-state index in [9.17, 15) is 14.3 Å². The van der Waals surface area contributed by atoms with Crippen LogP contribution in [0.5, 0.6) is 0 Å². The van der Waals surface area contributed by atoms with Gasteiger partial charge in [-0.05, 0) is 49.7 Å². The first kappa shape index (κ1) is 14.7. The zero-order valence-corrected chi connectivity index (χ0v) is 11.9. The highest BCUT2D eigenvalue weighted by atomic mass is 32.1. The molecule has 2 aromatic rings. The SMILES string of the molecule is C[C@@H](O)c1ccc(CCNC(=O)c2ccc(F)cc2)s1. The molecule has 0 unspecified atom stereocenters. The van der Waals surface area contributed by atoms with Crippen LogP contribution >= 0.6 is 11.3 Å². The lowest BCUT2D eigenvalue weighted by Crippen LogP contribution is -2.25. The van der Waals surface area contributed by atoms with Gasteiger partial charge < -0.3 is 10.4 Å². The fraction of sp³-hybridized carbons (Fsp3) is 0.267. The first-order valence-electron chi connectivity index (χ1n) is 6.36. The van der Waals surface area contributed by atoms with Crippen LogP contribution in [-0.4, -0.2) is 17.6 Å². The van der Waals surface area contributed by atoms with Crippen molar-refractivity contribution in [1.82, 2.24) is 5.32 Å². The summed E-state index contributed by atoms with van der Waals surface area (Å²) in [5.41, 5.74) is 0.447. The molecule has 5 heteroatoms. The minimum Gasteiger partial charge on any atom is -0.388 e. The molecule has 0 saturated heterocycles. The quantitative estimate of drug-likeness (QED) is 0.890. The number of carbonyl (C=O) groups excluding carboxylic acids is 1. The first-order chi connectivity index (χ1) is 9.56. The number of nitrogens with one attached hydrogen (secondary N) is 1. The molecule has 2 N–H and O–H groups in total. The number of hydrogen-bond acceptors (Lipinski definition) is 3. The van der Waals surface area contributed by atoms with Crippen LogP contribution in [-0.2, 0) is 6.42 Å². The summed E-state index contributed by atoms with van der Waals surface area (Å²) in [6, 6.07) is 9.30. The fourth-order valence-corrected chi connectivity index (χ4v) is 2.71. The van der Waals surface area contributed by atoms with Gasteiger partial charge in [0.1, 0.15) is 5.82 Å². The van der Waals surface area contributed by atoms with Crippen LogP contribution in [0.25, 0.3) is 0 Å². The van der Waals surface area contributed by atoms with Gasteiger partial charge in [-0.25, -0.2) is 4.39 Å². The van der Waals surface area contributed by atoms with Gasteiger partial charge in [0.15, 0.2) is 0 Å². The Morgan fingerprint density at radius 3 is 2.60 bits per heavy atom. The summed E-state index contributed by atoms with van der Waals surface area (Å²) in [4.78, 5) is 13.8.